The normalized spacial score (nSPS) is 14.8. The van der Waals surface area contributed by atoms with E-state index in [2.05, 4.69) is 70.2 Å². The number of rotatable bonds is 1. The van der Waals surface area contributed by atoms with Gasteiger partial charge in [0.15, 0.2) is 5.78 Å². The molecule has 0 bridgehead atoms. The van der Waals surface area contributed by atoms with E-state index in [1.165, 1.54) is 11.1 Å². The van der Waals surface area contributed by atoms with E-state index < -0.39 is 0 Å². The summed E-state index contributed by atoms with van der Waals surface area (Å²) in [6, 6.07) is 20.6. The second-order valence-electron chi connectivity index (χ2n) is 7.48. The van der Waals surface area contributed by atoms with Gasteiger partial charge in [-0.3, -0.25) is 4.79 Å². The molecule has 3 aromatic carbocycles. The Balaban J connectivity index is 2.06. The van der Waals surface area contributed by atoms with Crippen molar-refractivity contribution in [3.8, 4) is 11.1 Å². The molecular formula is C24H22O. The van der Waals surface area contributed by atoms with Crippen molar-refractivity contribution in [3.63, 3.8) is 0 Å². The molecule has 124 valence electrons. The molecule has 1 aliphatic carbocycles. The van der Waals surface area contributed by atoms with E-state index in [1.807, 2.05) is 18.2 Å². The quantitative estimate of drug-likeness (QED) is 0.549. The van der Waals surface area contributed by atoms with Gasteiger partial charge in [-0.1, -0.05) is 74.5 Å². The van der Waals surface area contributed by atoms with Crippen molar-refractivity contribution in [3.05, 3.63) is 94.0 Å². The van der Waals surface area contributed by atoms with Crippen LogP contribution in [0, 0.1) is 13.8 Å². The van der Waals surface area contributed by atoms with Gasteiger partial charge in [-0.15, -0.1) is 0 Å². The van der Waals surface area contributed by atoms with Crippen LogP contribution < -0.4 is 0 Å². The van der Waals surface area contributed by atoms with Gasteiger partial charge in [0.2, 0.25) is 0 Å². The van der Waals surface area contributed by atoms with Gasteiger partial charge in [-0.25, -0.2) is 0 Å². The molecule has 4 rings (SSSR count). The van der Waals surface area contributed by atoms with Crippen LogP contribution in [0.1, 0.15) is 52.0 Å². The summed E-state index contributed by atoms with van der Waals surface area (Å²) in [6.45, 7) is 8.68. The van der Waals surface area contributed by atoms with Crippen LogP contribution in [0.2, 0.25) is 0 Å². The van der Waals surface area contributed by atoms with Gasteiger partial charge in [-0.05, 0) is 47.2 Å². The van der Waals surface area contributed by atoms with E-state index in [4.69, 9.17) is 0 Å². The third-order valence-electron chi connectivity index (χ3n) is 5.70. The van der Waals surface area contributed by atoms with E-state index in [0.717, 1.165) is 33.4 Å². The fourth-order valence-corrected chi connectivity index (χ4v) is 4.09. The molecule has 1 nitrogen and oxygen atoms in total. The molecule has 0 aliphatic heterocycles. The lowest BCUT2D eigenvalue weighted by molar-refractivity contribution is 0.103. The van der Waals surface area contributed by atoms with Gasteiger partial charge in [0.05, 0.1) is 0 Å². The van der Waals surface area contributed by atoms with Gasteiger partial charge in [-0.2, -0.15) is 0 Å². The molecule has 0 saturated carbocycles. The van der Waals surface area contributed by atoms with Gasteiger partial charge >= 0.3 is 0 Å². The third-order valence-corrected chi connectivity index (χ3v) is 5.70. The molecule has 0 unspecified atom stereocenters. The van der Waals surface area contributed by atoms with Gasteiger partial charge < -0.3 is 0 Å². The molecule has 0 heterocycles. The molecule has 0 saturated heterocycles. The minimum atomic E-state index is -0.187. The maximum Gasteiger partial charge on any atom is 0.194 e. The highest BCUT2D eigenvalue weighted by Crippen LogP contribution is 2.44. The number of hydrogen-bond donors (Lipinski definition) is 0. The predicted molar refractivity (Wildman–Crippen MR) is 103 cm³/mol. The van der Waals surface area contributed by atoms with Crippen LogP contribution in [-0.2, 0) is 5.41 Å². The van der Waals surface area contributed by atoms with Crippen LogP contribution in [0.4, 0.5) is 0 Å². The molecule has 0 spiro atoms. The first-order chi connectivity index (χ1) is 11.9. The third kappa shape index (κ3) is 2.19. The maximum atomic E-state index is 13.4. The molecule has 3 aromatic rings. The highest BCUT2D eigenvalue weighted by Gasteiger charge is 2.37. The average molecular weight is 326 g/mol. The molecule has 1 heteroatoms. The van der Waals surface area contributed by atoms with E-state index in [9.17, 15) is 4.79 Å². The Labute approximate surface area is 149 Å². The minimum absolute atomic E-state index is 0.140. The smallest absolute Gasteiger partial charge is 0.194 e. The monoisotopic (exact) mass is 326 g/mol. The van der Waals surface area contributed by atoms with E-state index in [1.54, 1.807) is 0 Å². The van der Waals surface area contributed by atoms with Crippen molar-refractivity contribution in [1.29, 1.82) is 0 Å². The molecular weight excluding hydrogens is 304 g/mol. The molecule has 0 N–H and O–H groups in total. The van der Waals surface area contributed by atoms with Crippen molar-refractivity contribution >= 4 is 5.78 Å². The van der Waals surface area contributed by atoms with Crippen LogP contribution in [0.15, 0.2) is 60.7 Å². The minimum Gasteiger partial charge on any atom is -0.289 e. The Hall–Kier alpha value is -2.67. The van der Waals surface area contributed by atoms with Crippen LogP contribution >= 0.6 is 0 Å². The first-order valence-corrected chi connectivity index (χ1v) is 8.77. The number of carbonyl (C=O) groups excluding carboxylic acids is 1. The van der Waals surface area contributed by atoms with Gasteiger partial charge in [0.1, 0.15) is 0 Å². The van der Waals surface area contributed by atoms with Crippen molar-refractivity contribution in [1.82, 2.24) is 0 Å². The lowest BCUT2D eigenvalue weighted by atomic mass is 9.67. The molecule has 0 radical (unpaired) electrons. The number of hydrogen-bond acceptors (Lipinski definition) is 1. The highest BCUT2D eigenvalue weighted by atomic mass is 16.1. The molecule has 25 heavy (non-hydrogen) atoms. The van der Waals surface area contributed by atoms with Crippen LogP contribution in [-0.4, -0.2) is 5.78 Å². The van der Waals surface area contributed by atoms with Crippen LogP contribution in [0.3, 0.4) is 0 Å². The summed E-state index contributed by atoms with van der Waals surface area (Å²) in [6.07, 6.45) is 0. The standard InChI is InChI=1S/C24H22O/c1-15-9-7-11-17(16(15)2)18-12-8-14-21-22(18)23(25)19-10-5-6-13-20(19)24(21,3)4/h5-14H,1-4H3. The number of carbonyl (C=O) groups is 1. The fraction of sp³-hybridized carbons (Fsp3) is 0.208. The summed E-state index contributed by atoms with van der Waals surface area (Å²) in [5.74, 6) is 0.140. The predicted octanol–water partition coefficient (Wildman–Crippen LogP) is 5.84. The van der Waals surface area contributed by atoms with Crippen molar-refractivity contribution < 1.29 is 4.79 Å². The Kier molecular flexibility index (Phi) is 3.43. The number of benzene rings is 3. The zero-order valence-corrected chi connectivity index (χ0v) is 15.2. The summed E-state index contributed by atoms with van der Waals surface area (Å²) < 4.78 is 0. The first kappa shape index (κ1) is 15.8. The van der Waals surface area contributed by atoms with Gasteiger partial charge in [0, 0.05) is 16.5 Å². The number of fused-ring (bicyclic) bond motifs is 2. The summed E-state index contributed by atoms with van der Waals surface area (Å²) in [4.78, 5) is 13.4. The van der Waals surface area contributed by atoms with Crippen molar-refractivity contribution in [2.45, 2.75) is 33.1 Å². The summed E-state index contributed by atoms with van der Waals surface area (Å²) in [5, 5.41) is 0. The average Bonchev–Trinajstić information content (AvgIpc) is 2.62. The maximum absolute atomic E-state index is 13.4. The molecule has 1 aliphatic rings. The molecule has 0 fully saturated rings. The molecule has 0 amide bonds. The number of aryl methyl sites for hydroxylation is 1. The van der Waals surface area contributed by atoms with Crippen molar-refractivity contribution in [2.24, 2.45) is 0 Å². The zero-order chi connectivity index (χ0) is 17.8. The number of ketones is 1. The zero-order valence-electron chi connectivity index (χ0n) is 15.2. The Bertz CT molecular complexity index is 1010. The van der Waals surface area contributed by atoms with Gasteiger partial charge in [0.25, 0.3) is 0 Å². The highest BCUT2D eigenvalue weighted by molar-refractivity contribution is 6.16. The lowest BCUT2D eigenvalue weighted by Gasteiger charge is -2.35. The molecule has 0 atom stereocenters. The molecule has 0 aromatic heterocycles. The summed E-state index contributed by atoms with van der Waals surface area (Å²) >= 11 is 0. The SMILES string of the molecule is Cc1cccc(-c2cccc3c2C(=O)c2ccccc2C3(C)C)c1C. The Morgan fingerprint density at radius 1 is 0.680 bits per heavy atom. The summed E-state index contributed by atoms with van der Waals surface area (Å²) in [7, 11) is 0. The summed E-state index contributed by atoms with van der Waals surface area (Å²) in [5.41, 5.74) is 8.43. The first-order valence-electron chi connectivity index (χ1n) is 8.77. The van der Waals surface area contributed by atoms with E-state index in [0.29, 0.717) is 0 Å². The van der Waals surface area contributed by atoms with Crippen LogP contribution in [0.25, 0.3) is 11.1 Å². The lowest BCUT2D eigenvalue weighted by Crippen LogP contribution is -2.30. The topological polar surface area (TPSA) is 17.1 Å². The van der Waals surface area contributed by atoms with Crippen LogP contribution in [0.5, 0.6) is 0 Å². The van der Waals surface area contributed by atoms with Crippen molar-refractivity contribution in [2.75, 3.05) is 0 Å². The largest absolute Gasteiger partial charge is 0.289 e. The Morgan fingerprint density at radius 3 is 2.08 bits per heavy atom. The van der Waals surface area contributed by atoms with E-state index in [-0.39, 0.29) is 11.2 Å². The van der Waals surface area contributed by atoms with E-state index >= 15 is 0 Å². The Morgan fingerprint density at radius 2 is 1.28 bits per heavy atom. The second kappa shape index (κ2) is 5.42. The fourth-order valence-electron chi connectivity index (χ4n) is 4.09. The second-order valence-corrected chi connectivity index (χ2v) is 7.48.